The van der Waals surface area contributed by atoms with Gasteiger partial charge in [0.05, 0.1) is 39.6 Å². The van der Waals surface area contributed by atoms with Crippen LogP contribution in [0.2, 0.25) is 0 Å². The van der Waals surface area contributed by atoms with E-state index in [0.717, 1.165) is 125 Å². The Labute approximate surface area is 439 Å². The van der Waals surface area contributed by atoms with Gasteiger partial charge in [-0.05, 0) is 178 Å². The van der Waals surface area contributed by atoms with Gasteiger partial charge >= 0.3 is 0 Å². The molecule has 0 saturated carbocycles. The highest BCUT2D eigenvalue weighted by molar-refractivity contribution is 5.75. The zero-order chi connectivity index (χ0) is 51.0. The van der Waals surface area contributed by atoms with Gasteiger partial charge in [-0.3, -0.25) is 0 Å². The smallest absolute Gasteiger partial charge is 0.126 e. The maximum atomic E-state index is 7.13. The molecule has 0 fully saturated rings. The lowest BCUT2D eigenvalue weighted by molar-refractivity contribution is 0.0271. The normalized spacial score (nSPS) is 13.9. The molecule has 74 heavy (non-hydrogen) atoms. The average molecular weight is 983 g/mol. The Bertz CT molecular complexity index is 2890. The fourth-order valence-corrected chi connectivity index (χ4v) is 10.4. The van der Waals surface area contributed by atoms with Gasteiger partial charge in [0.15, 0.2) is 0 Å². The van der Waals surface area contributed by atoms with Crippen molar-refractivity contribution in [1.82, 2.24) is 0 Å². The van der Waals surface area contributed by atoms with Crippen LogP contribution in [0.15, 0.2) is 146 Å². The zero-order valence-electron chi connectivity index (χ0n) is 44.2. The molecule has 8 aromatic rings. The minimum atomic E-state index is 0.370. The van der Waals surface area contributed by atoms with Gasteiger partial charge in [0.1, 0.15) is 36.2 Å². The van der Waals surface area contributed by atoms with E-state index in [1.54, 1.807) is 0 Å². The van der Waals surface area contributed by atoms with Gasteiger partial charge in [0.2, 0.25) is 0 Å². The molecule has 1 heterocycles. The summed E-state index contributed by atoms with van der Waals surface area (Å²) in [4.78, 5) is 0. The molecule has 378 valence electrons. The van der Waals surface area contributed by atoms with Gasteiger partial charge in [-0.25, -0.2) is 0 Å². The number of hydrogen-bond donors (Lipinski definition) is 0. The van der Waals surface area contributed by atoms with Crippen molar-refractivity contribution in [2.45, 2.75) is 80.1 Å². The third-order valence-corrected chi connectivity index (χ3v) is 14.3. The first-order chi connectivity index (χ1) is 36.2. The molecule has 0 unspecified atom stereocenters. The predicted molar refractivity (Wildman–Crippen MR) is 302 cm³/mol. The maximum Gasteiger partial charge on any atom is 0.126 e. The Hall–Kier alpha value is -7.12. The lowest BCUT2D eigenvalue weighted by atomic mass is 9.86. The van der Waals surface area contributed by atoms with Crippen molar-refractivity contribution in [1.29, 1.82) is 0 Å². The number of hydrogen-bond acceptors (Lipinski definition) is 6. The summed E-state index contributed by atoms with van der Waals surface area (Å²) in [6, 6.07) is 54.3. The van der Waals surface area contributed by atoms with Crippen LogP contribution in [0.1, 0.15) is 93.5 Å². The van der Waals surface area contributed by atoms with E-state index >= 15 is 0 Å². The molecule has 8 aromatic carbocycles. The quantitative estimate of drug-likeness (QED) is 0.136. The Morgan fingerprint density at radius 2 is 0.554 bits per heavy atom. The molecule has 1 aliphatic carbocycles. The molecule has 2 aliphatic rings. The van der Waals surface area contributed by atoms with Crippen LogP contribution in [0.4, 0.5) is 0 Å². The second-order valence-corrected chi connectivity index (χ2v) is 20.3. The topological polar surface area (TPSA) is 55.4 Å². The lowest BCUT2D eigenvalue weighted by Crippen LogP contribution is -2.15. The highest BCUT2D eigenvalue weighted by atomic mass is 16.6. The van der Waals surface area contributed by atoms with Crippen molar-refractivity contribution >= 4 is 0 Å². The van der Waals surface area contributed by atoms with E-state index in [1.807, 2.05) is 0 Å². The van der Waals surface area contributed by atoms with E-state index in [2.05, 4.69) is 187 Å². The van der Waals surface area contributed by atoms with Crippen molar-refractivity contribution in [3.05, 3.63) is 212 Å². The Balaban J connectivity index is 1.32. The highest BCUT2D eigenvalue weighted by Crippen LogP contribution is 2.44. The first kappa shape index (κ1) is 50.4. The number of benzene rings is 8. The van der Waals surface area contributed by atoms with Crippen LogP contribution < -0.4 is 18.9 Å². The standard InChI is InChI=1S/C68H70O6/c1-7-25-71-65-57-33-53(49-17-9-45(3)10-18-49)34-58(65)42-62-38-56(52-23-15-48(6)16-24-52)40-64-44-60-36-54(50-19-11-46(4)12-20-50)35-59(66(60)72-26-8-2)43-63-39-55(51-21-13-47(5)14-22-51)37-61(41-57)67(63)73-31-29-69-27-28-70-30-32-74-68(62)64/h9-24,33-40H,7-8,25-32,41-44H2,1-6H3. The van der Waals surface area contributed by atoms with Crippen LogP contribution in [0.25, 0.3) is 44.5 Å². The molecular weight excluding hydrogens is 913 g/mol. The van der Waals surface area contributed by atoms with E-state index in [4.69, 9.17) is 28.4 Å². The lowest BCUT2D eigenvalue weighted by Gasteiger charge is -2.25. The number of fused-ring (bicyclic) bond motifs is 2. The van der Waals surface area contributed by atoms with Crippen LogP contribution in [0.3, 0.4) is 0 Å². The second-order valence-electron chi connectivity index (χ2n) is 20.3. The molecule has 10 bridgehead atoms. The molecule has 0 atom stereocenters. The van der Waals surface area contributed by atoms with Crippen LogP contribution in [0.5, 0.6) is 23.0 Å². The van der Waals surface area contributed by atoms with Gasteiger partial charge in [-0.1, -0.05) is 133 Å². The minimum absolute atomic E-state index is 0.370. The molecule has 0 aromatic heterocycles. The summed E-state index contributed by atoms with van der Waals surface area (Å²) in [6.07, 6.45) is 3.99. The van der Waals surface area contributed by atoms with Crippen molar-refractivity contribution < 1.29 is 28.4 Å². The molecule has 0 radical (unpaired) electrons. The summed E-state index contributed by atoms with van der Waals surface area (Å²) in [5.74, 6) is 3.54. The summed E-state index contributed by atoms with van der Waals surface area (Å²) in [7, 11) is 0. The van der Waals surface area contributed by atoms with Gasteiger partial charge in [-0.2, -0.15) is 0 Å². The minimum Gasteiger partial charge on any atom is -0.493 e. The van der Waals surface area contributed by atoms with E-state index < -0.39 is 0 Å². The molecule has 10 rings (SSSR count). The van der Waals surface area contributed by atoms with Crippen LogP contribution in [-0.4, -0.2) is 52.9 Å². The van der Waals surface area contributed by atoms with Crippen molar-refractivity contribution in [2.75, 3.05) is 52.9 Å². The Morgan fingerprint density at radius 1 is 0.311 bits per heavy atom. The zero-order valence-corrected chi connectivity index (χ0v) is 44.2. The fraction of sp³-hybridized carbons (Fsp3) is 0.294. The molecule has 6 nitrogen and oxygen atoms in total. The third kappa shape index (κ3) is 11.8. The number of ether oxygens (including phenoxy) is 6. The largest absolute Gasteiger partial charge is 0.493 e. The SMILES string of the molecule is CCCOc1c2cc(-c3ccc(C)cc3)cc1Cc1cc(-c3ccc(C)cc3)cc3c1OCCOCCOCCOc1c(cc(-c4ccc(C)cc4)cc1Cc1cc(-c4ccc(C)cc4)cc(c1OCCC)C3)C2. The maximum absolute atomic E-state index is 7.13. The van der Waals surface area contributed by atoms with E-state index in [-0.39, 0.29) is 0 Å². The summed E-state index contributed by atoms with van der Waals surface area (Å²) in [6.45, 7) is 16.6. The predicted octanol–water partition coefficient (Wildman–Crippen LogP) is 15.6. The van der Waals surface area contributed by atoms with Crippen LogP contribution >= 0.6 is 0 Å². The monoisotopic (exact) mass is 983 g/mol. The molecule has 0 saturated heterocycles. The number of aryl methyl sites for hydroxylation is 4. The highest BCUT2D eigenvalue weighted by Gasteiger charge is 2.26. The summed E-state index contributed by atoms with van der Waals surface area (Å²) < 4.78 is 40.8. The van der Waals surface area contributed by atoms with Crippen LogP contribution in [0, 0.1) is 27.7 Å². The average Bonchev–Trinajstić information content (AvgIpc) is 3.40. The summed E-state index contributed by atoms with van der Waals surface area (Å²) in [5.41, 5.74) is 22.8. The Morgan fingerprint density at radius 3 is 0.811 bits per heavy atom. The Kier molecular flexibility index (Phi) is 15.9. The third-order valence-electron chi connectivity index (χ3n) is 14.3. The van der Waals surface area contributed by atoms with Crippen molar-refractivity contribution in [3.8, 4) is 67.5 Å². The van der Waals surface area contributed by atoms with Gasteiger partial charge in [0, 0.05) is 25.7 Å². The van der Waals surface area contributed by atoms with Crippen molar-refractivity contribution in [2.24, 2.45) is 0 Å². The molecular formula is C68H70O6. The van der Waals surface area contributed by atoms with E-state index in [1.165, 1.54) is 22.3 Å². The second kappa shape index (κ2) is 23.4. The molecule has 6 heteroatoms. The summed E-state index contributed by atoms with van der Waals surface area (Å²) in [5, 5.41) is 0. The van der Waals surface area contributed by atoms with Gasteiger partial charge in [-0.15, -0.1) is 0 Å². The van der Waals surface area contributed by atoms with Gasteiger partial charge < -0.3 is 28.4 Å². The number of rotatable bonds is 10. The summed E-state index contributed by atoms with van der Waals surface area (Å²) >= 11 is 0. The van der Waals surface area contributed by atoms with E-state index in [0.29, 0.717) is 78.5 Å². The van der Waals surface area contributed by atoms with Crippen molar-refractivity contribution in [3.63, 3.8) is 0 Å². The van der Waals surface area contributed by atoms with E-state index in [9.17, 15) is 0 Å². The molecule has 1 aliphatic heterocycles. The molecule has 0 N–H and O–H groups in total. The molecule has 0 spiro atoms. The van der Waals surface area contributed by atoms with Crippen LogP contribution in [-0.2, 0) is 35.2 Å². The first-order valence-electron chi connectivity index (χ1n) is 26.8. The van der Waals surface area contributed by atoms with Gasteiger partial charge in [0.25, 0.3) is 0 Å². The first-order valence-corrected chi connectivity index (χ1v) is 26.8. The fourth-order valence-electron chi connectivity index (χ4n) is 10.4. The molecule has 0 amide bonds.